The number of carboxylic acid groups (broad SMARTS) is 1. The van der Waals surface area contributed by atoms with Crippen molar-refractivity contribution in [3.8, 4) is 0 Å². The van der Waals surface area contributed by atoms with Crippen molar-refractivity contribution in [2.24, 2.45) is 0 Å². The van der Waals surface area contributed by atoms with Gasteiger partial charge in [-0.25, -0.2) is 0 Å². The van der Waals surface area contributed by atoms with Gasteiger partial charge in [0.15, 0.2) is 0 Å². The number of amides is 2. The van der Waals surface area contributed by atoms with Crippen molar-refractivity contribution < 1.29 is 24.2 Å². The highest BCUT2D eigenvalue weighted by molar-refractivity contribution is 6.04. The van der Waals surface area contributed by atoms with Crippen molar-refractivity contribution in [3.05, 3.63) is 65.7 Å². The third-order valence-corrected chi connectivity index (χ3v) is 4.76. The van der Waals surface area contributed by atoms with E-state index in [4.69, 9.17) is 4.74 Å². The second-order valence-electron chi connectivity index (χ2n) is 6.81. The minimum Gasteiger partial charge on any atom is -0.481 e. The largest absolute Gasteiger partial charge is 0.481 e. The van der Waals surface area contributed by atoms with E-state index in [1.165, 1.54) is 0 Å². The topological polar surface area (TPSA) is 105 Å². The average molecular weight is 382 g/mol. The van der Waals surface area contributed by atoms with Crippen molar-refractivity contribution >= 4 is 23.5 Å². The van der Waals surface area contributed by atoms with E-state index < -0.39 is 11.5 Å². The van der Waals surface area contributed by atoms with Gasteiger partial charge in [-0.15, -0.1) is 0 Å². The van der Waals surface area contributed by atoms with Crippen molar-refractivity contribution in [3.63, 3.8) is 0 Å². The number of carboxylic acids is 1. The van der Waals surface area contributed by atoms with E-state index in [-0.39, 0.29) is 18.2 Å². The summed E-state index contributed by atoms with van der Waals surface area (Å²) < 4.78 is 5.30. The molecule has 1 aliphatic rings. The van der Waals surface area contributed by atoms with Crippen LogP contribution in [-0.2, 0) is 9.53 Å². The molecule has 7 nitrogen and oxygen atoms in total. The predicted molar refractivity (Wildman–Crippen MR) is 103 cm³/mol. The molecular formula is C21H22N2O5. The maximum Gasteiger partial charge on any atom is 0.305 e. The van der Waals surface area contributed by atoms with Crippen LogP contribution in [0.1, 0.15) is 40.0 Å². The molecule has 0 aliphatic carbocycles. The lowest BCUT2D eigenvalue weighted by Crippen LogP contribution is -2.53. The molecule has 2 aromatic carbocycles. The molecule has 3 N–H and O–H groups in total. The Morgan fingerprint density at radius 2 is 1.50 bits per heavy atom. The fourth-order valence-corrected chi connectivity index (χ4v) is 3.21. The van der Waals surface area contributed by atoms with Gasteiger partial charge in [0.25, 0.3) is 11.8 Å². The Bertz CT molecular complexity index is 843. The molecular weight excluding hydrogens is 360 g/mol. The van der Waals surface area contributed by atoms with Crippen LogP contribution in [0.15, 0.2) is 54.6 Å². The van der Waals surface area contributed by atoms with Crippen molar-refractivity contribution in [1.82, 2.24) is 5.32 Å². The van der Waals surface area contributed by atoms with E-state index in [0.717, 1.165) is 0 Å². The molecule has 2 amide bonds. The third kappa shape index (κ3) is 4.95. The number of hydrogen-bond acceptors (Lipinski definition) is 4. The molecule has 146 valence electrons. The second-order valence-corrected chi connectivity index (χ2v) is 6.81. The smallest absolute Gasteiger partial charge is 0.305 e. The van der Waals surface area contributed by atoms with Gasteiger partial charge in [-0.3, -0.25) is 14.4 Å². The summed E-state index contributed by atoms with van der Waals surface area (Å²) in [4.78, 5) is 36.0. The highest BCUT2D eigenvalue weighted by Gasteiger charge is 2.36. The SMILES string of the molecule is O=C(O)CC1(NC(=O)c2ccc(NC(=O)c3ccccc3)cc2)CCOCC1. The van der Waals surface area contributed by atoms with Crippen molar-refractivity contribution in [2.75, 3.05) is 18.5 Å². The highest BCUT2D eigenvalue weighted by Crippen LogP contribution is 2.25. The monoisotopic (exact) mass is 382 g/mol. The molecule has 7 heteroatoms. The van der Waals surface area contributed by atoms with Gasteiger partial charge in [0.2, 0.25) is 0 Å². The standard InChI is InChI=1S/C21H22N2O5/c24-18(25)14-21(10-12-28-13-11-21)23-20(27)16-6-8-17(9-7-16)22-19(26)15-4-2-1-3-5-15/h1-9H,10-14H2,(H,22,26)(H,23,27)(H,24,25). The Kier molecular flexibility index (Phi) is 6.06. The van der Waals surface area contributed by atoms with Crippen molar-refractivity contribution in [2.45, 2.75) is 24.8 Å². The molecule has 0 spiro atoms. The van der Waals surface area contributed by atoms with Gasteiger partial charge in [-0.2, -0.15) is 0 Å². The van der Waals surface area contributed by atoms with Gasteiger partial charge in [-0.05, 0) is 49.2 Å². The molecule has 1 saturated heterocycles. The lowest BCUT2D eigenvalue weighted by atomic mass is 9.86. The number of rotatable bonds is 6. The molecule has 3 rings (SSSR count). The van der Waals surface area contributed by atoms with E-state index in [1.54, 1.807) is 48.5 Å². The van der Waals surface area contributed by atoms with Crippen LogP contribution in [0.3, 0.4) is 0 Å². The van der Waals surface area contributed by atoms with Crippen LogP contribution in [0, 0.1) is 0 Å². The van der Waals surface area contributed by atoms with Gasteiger partial charge in [0.1, 0.15) is 0 Å². The Hall–Kier alpha value is -3.19. The van der Waals surface area contributed by atoms with Crippen LogP contribution in [0.25, 0.3) is 0 Å². The lowest BCUT2D eigenvalue weighted by molar-refractivity contribution is -0.139. The first-order chi connectivity index (χ1) is 13.5. The number of benzene rings is 2. The van der Waals surface area contributed by atoms with E-state index in [1.807, 2.05) is 6.07 Å². The normalized spacial score (nSPS) is 15.4. The van der Waals surface area contributed by atoms with Crippen LogP contribution in [0.5, 0.6) is 0 Å². The number of carbonyl (C=O) groups is 3. The van der Waals surface area contributed by atoms with Crippen molar-refractivity contribution in [1.29, 1.82) is 0 Å². The number of carbonyl (C=O) groups excluding carboxylic acids is 2. The highest BCUT2D eigenvalue weighted by atomic mass is 16.5. The first kappa shape index (κ1) is 19.6. The van der Waals surface area contributed by atoms with Gasteiger partial charge < -0.3 is 20.5 Å². The van der Waals surface area contributed by atoms with Crippen LogP contribution < -0.4 is 10.6 Å². The van der Waals surface area contributed by atoms with E-state index >= 15 is 0 Å². The Balaban J connectivity index is 1.66. The summed E-state index contributed by atoms with van der Waals surface area (Å²) in [5.41, 5.74) is 0.701. The van der Waals surface area contributed by atoms with Crippen LogP contribution >= 0.6 is 0 Å². The van der Waals surface area contributed by atoms with Gasteiger partial charge in [-0.1, -0.05) is 18.2 Å². The summed E-state index contributed by atoms with van der Waals surface area (Å²) in [7, 11) is 0. The molecule has 28 heavy (non-hydrogen) atoms. The quantitative estimate of drug-likeness (QED) is 0.712. The summed E-state index contributed by atoms with van der Waals surface area (Å²) in [6.45, 7) is 0.829. The number of ether oxygens (including phenoxy) is 1. The molecule has 0 aromatic heterocycles. The molecule has 2 aromatic rings. The molecule has 0 unspecified atom stereocenters. The zero-order valence-electron chi connectivity index (χ0n) is 15.3. The minimum atomic E-state index is -0.957. The summed E-state index contributed by atoms with van der Waals surface area (Å²) in [5.74, 6) is -1.54. The zero-order chi connectivity index (χ0) is 20.0. The molecule has 1 fully saturated rings. The number of anilines is 1. The van der Waals surface area contributed by atoms with Gasteiger partial charge >= 0.3 is 5.97 Å². The fraction of sp³-hybridized carbons (Fsp3) is 0.286. The Morgan fingerprint density at radius 1 is 0.893 bits per heavy atom. The molecule has 0 atom stereocenters. The van der Waals surface area contributed by atoms with Gasteiger partial charge in [0, 0.05) is 30.0 Å². The maximum absolute atomic E-state index is 12.6. The number of aliphatic carboxylic acids is 1. The third-order valence-electron chi connectivity index (χ3n) is 4.76. The van der Waals surface area contributed by atoms with Crippen LogP contribution in [-0.4, -0.2) is 41.6 Å². The zero-order valence-corrected chi connectivity index (χ0v) is 15.3. The number of hydrogen-bond donors (Lipinski definition) is 3. The fourth-order valence-electron chi connectivity index (χ4n) is 3.21. The second kappa shape index (κ2) is 8.67. The van der Waals surface area contributed by atoms with E-state index in [0.29, 0.717) is 42.9 Å². The van der Waals surface area contributed by atoms with E-state index in [2.05, 4.69) is 10.6 Å². The number of nitrogens with one attached hydrogen (secondary N) is 2. The molecule has 0 radical (unpaired) electrons. The van der Waals surface area contributed by atoms with Crippen LogP contribution in [0.2, 0.25) is 0 Å². The minimum absolute atomic E-state index is 0.146. The molecule has 0 saturated carbocycles. The van der Waals surface area contributed by atoms with E-state index in [9.17, 15) is 19.5 Å². The Morgan fingerprint density at radius 3 is 2.11 bits per heavy atom. The molecule has 0 bridgehead atoms. The lowest BCUT2D eigenvalue weighted by Gasteiger charge is -2.36. The molecule has 1 aliphatic heterocycles. The summed E-state index contributed by atoms with van der Waals surface area (Å²) in [6.07, 6.45) is 0.764. The van der Waals surface area contributed by atoms with Crippen LogP contribution in [0.4, 0.5) is 5.69 Å². The Labute approximate surface area is 162 Å². The summed E-state index contributed by atoms with van der Waals surface area (Å²) in [6, 6.07) is 15.3. The average Bonchev–Trinajstić information content (AvgIpc) is 2.69. The summed E-state index contributed by atoms with van der Waals surface area (Å²) >= 11 is 0. The maximum atomic E-state index is 12.6. The summed E-state index contributed by atoms with van der Waals surface area (Å²) in [5, 5.41) is 14.8. The first-order valence-electron chi connectivity index (χ1n) is 9.06. The first-order valence-corrected chi connectivity index (χ1v) is 9.06. The van der Waals surface area contributed by atoms with Gasteiger partial charge in [0.05, 0.1) is 12.0 Å². The molecule has 1 heterocycles. The predicted octanol–water partition coefficient (Wildman–Crippen LogP) is 2.69.